The standard InChI is InChI=1S/C15H14F2N4O/c1-8-3-4-10(12(6-8)22-14(16)17)13-11-5-9(2)7-21(11)15(18)20-19-13/h3-7,14H,1-2H3,(H2,18,20). The number of aromatic nitrogens is 3. The van der Waals surface area contributed by atoms with Gasteiger partial charge in [-0.05, 0) is 43.2 Å². The van der Waals surface area contributed by atoms with E-state index in [-0.39, 0.29) is 11.7 Å². The SMILES string of the molecule is Cc1ccc(-c2nnc(N)n3cc(C)cc23)c(OC(F)F)c1. The van der Waals surface area contributed by atoms with Gasteiger partial charge in [-0.2, -0.15) is 8.78 Å². The van der Waals surface area contributed by atoms with Crippen molar-refractivity contribution in [1.29, 1.82) is 0 Å². The van der Waals surface area contributed by atoms with Crippen LogP contribution in [0.5, 0.6) is 5.75 Å². The van der Waals surface area contributed by atoms with E-state index in [1.165, 1.54) is 0 Å². The fourth-order valence-corrected chi connectivity index (χ4v) is 2.38. The summed E-state index contributed by atoms with van der Waals surface area (Å²) >= 11 is 0. The van der Waals surface area contributed by atoms with Crippen LogP contribution in [0.2, 0.25) is 0 Å². The second kappa shape index (κ2) is 5.25. The lowest BCUT2D eigenvalue weighted by Crippen LogP contribution is -2.06. The molecule has 114 valence electrons. The Labute approximate surface area is 125 Å². The van der Waals surface area contributed by atoms with Gasteiger partial charge in [-0.25, -0.2) is 0 Å². The molecular formula is C15H14F2N4O. The van der Waals surface area contributed by atoms with Crippen molar-refractivity contribution >= 4 is 11.5 Å². The number of rotatable bonds is 3. The Balaban J connectivity index is 2.25. The Hall–Kier alpha value is -2.70. The molecule has 5 nitrogen and oxygen atoms in total. The lowest BCUT2D eigenvalue weighted by atomic mass is 10.1. The lowest BCUT2D eigenvalue weighted by molar-refractivity contribution is -0.0494. The minimum absolute atomic E-state index is 0.0647. The minimum atomic E-state index is -2.91. The Morgan fingerprint density at radius 2 is 1.91 bits per heavy atom. The van der Waals surface area contributed by atoms with Crippen LogP contribution in [-0.4, -0.2) is 21.2 Å². The van der Waals surface area contributed by atoms with Crippen LogP contribution in [-0.2, 0) is 0 Å². The molecule has 22 heavy (non-hydrogen) atoms. The topological polar surface area (TPSA) is 65.4 Å². The molecule has 0 spiro atoms. The van der Waals surface area contributed by atoms with E-state index in [9.17, 15) is 8.78 Å². The van der Waals surface area contributed by atoms with Gasteiger partial charge in [-0.3, -0.25) is 4.40 Å². The van der Waals surface area contributed by atoms with Crippen molar-refractivity contribution in [3.05, 3.63) is 41.6 Å². The molecule has 2 heterocycles. The van der Waals surface area contributed by atoms with Crippen LogP contribution in [0, 0.1) is 13.8 Å². The van der Waals surface area contributed by atoms with Crippen molar-refractivity contribution in [3.8, 4) is 17.0 Å². The van der Waals surface area contributed by atoms with Gasteiger partial charge in [0.05, 0.1) is 5.52 Å². The van der Waals surface area contributed by atoms with Gasteiger partial charge >= 0.3 is 6.61 Å². The van der Waals surface area contributed by atoms with Gasteiger partial charge in [0.1, 0.15) is 11.4 Å². The molecule has 0 aliphatic rings. The van der Waals surface area contributed by atoms with Crippen molar-refractivity contribution < 1.29 is 13.5 Å². The third kappa shape index (κ3) is 2.45. The van der Waals surface area contributed by atoms with Crippen LogP contribution in [0.4, 0.5) is 14.7 Å². The van der Waals surface area contributed by atoms with E-state index in [0.717, 1.165) is 11.1 Å². The molecule has 2 N–H and O–H groups in total. The van der Waals surface area contributed by atoms with Crippen LogP contribution in [0.3, 0.4) is 0 Å². The van der Waals surface area contributed by atoms with E-state index >= 15 is 0 Å². The molecule has 0 fully saturated rings. The highest BCUT2D eigenvalue weighted by atomic mass is 19.3. The van der Waals surface area contributed by atoms with Gasteiger partial charge < -0.3 is 10.5 Å². The lowest BCUT2D eigenvalue weighted by Gasteiger charge is -2.12. The molecule has 0 unspecified atom stereocenters. The molecule has 3 aromatic rings. The monoisotopic (exact) mass is 304 g/mol. The van der Waals surface area contributed by atoms with Gasteiger partial charge in [-0.1, -0.05) is 6.07 Å². The highest BCUT2D eigenvalue weighted by Crippen LogP contribution is 2.34. The van der Waals surface area contributed by atoms with E-state index in [0.29, 0.717) is 16.8 Å². The van der Waals surface area contributed by atoms with Gasteiger partial charge in [0, 0.05) is 11.8 Å². The third-order valence-electron chi connectivity index (χ3n) is 3.31. The van der Waals surface area contributed by atoms with Gasteiger partial charge in [-0.15, -0.1) is 10.2 Å². The van der Waals surface area contributed by atoms with Crippen LogP contribution < -0.4 is 10.5 Å². The van der Waals surface area contributed by atoms with Crippen molar-refractivity contribution in [2.75, 3.05) is 5.73 Å². The van der Waals surface area contributed by atoms with E-state index in [4.69, 9.17) is 5.73 Å². The average Bonchev–Trinajstić information content (AvgIpc) is 2.82. The predicted molar refractivity (Wildman–Crippen MR) is 78.9 cm³/mol. The molecule has 1 aromatic carbocycles. The minimum Gasteiger partial charge on any atom is -0.434 e. The van der Waals surface area contributed by atoms with E-state index in [1.54, 1.807) is 29.5 Å². The number of fused-ring (bicyclic) bond motifs is 1. The highest BCUT2D eigenvalue weighted by molar-refractivity contribution is 5.82. The molecule has 0 aliphatic carbocycles. The van der Waals surface area contributed by atoms with Gasteiger partial charge in [0.25, 0.3) is 0 Å². The fraction of sp³-hybridized carbons (Fsp3) is 0.200. The number of alkyl halides is 2. The molecule has 0 radical (unpaired) electrons. The molecule has 0 atom stereocenters. The zero-order valence-electron chi connectivity index (χ0n) is 12.0. The third-order valence-corrected chi connectivity index (χ3v) is 3.31. The molecule has 0 bridgehead atoms. The highest BCUT2D eigenvalue weighted by Gasteiger charge is 2.17. The van der Waals surface area contributed by atoms with Crippen LogP contribution in [0.1, 0.15) is 11.1 Å². The maximum atomic E-state index is 12.6. The molecule has 0 saturated carbocycles. The van der Waals surface area contributed by atoms with Crippen molar-refractivity contribution in [2.24, 2.45) is 0 Å². The van der Waals surface area contributed by atoms with E-state index in [1.807, 2.05) is 19.2 Å². The summed E-state index contributed by atoms with van der Waals surface area (Å²) in [5, 5.41) is 7.95. The number of hydrogen-bond donors (Lipinski definition) is 1. The molecule has 7 heteroatoms. The first-order valence-corrected chi connectivity index (χ1v) is 6.62. The summed E-state index contributed by atoms with van der Waals surface area (Å²) in [5.74, 6) is 0.296. The number of ether oxygens (including phenoxy) is 1. The smallest absolute Gasteiger partial charge is 0.387 e. The molecule has 0 amide bonds. The Morgan fingerprint density at radius 3 is 2.64 bits per heavy atom. The number of hydrogen-bond acceptors (Lipinski definition) is 4. The number of nitrogen functional groups attached to an aromatic ring is 1. The molecule has 0 aliphatic heterocycles. The number of aryl methyl sites for hydroxylation is 2. The number of anilines is 1. The second-order valence-electron chi connectivity index (χ2n) is 5.06. The van der Waals surface area contributed by atoms with Crippen LogP contribution in [0.15, 0.2) is 30.5 Å². The number of benzene rings is 1. The summed E-state index contributed by atoms with van der Waals surface area (Å²) in [4.78, 5) is 0. The summed E-state index contributed by atoms with van der Waals surface area (Å²) in [7, 11) is 0. The number of nitrogens with zero attached hydrogens (tertiary/aromatic N) is 3. The first-order valence-electron chi connectivity index (χ1n) is 6.62. The number of nitrogens with two attached hydrogens (primary N) is 1. The second-order valence-corrected chi connectivity index (χ2v) is 5.06. The quantitative estimate of drug-likeness (QED) is 0.807. The van der Waals surface area contributed by atoms with E-state index in [2.05, 4.69) is 14.9 Å². The first kappa shape index (κ1) is 14.2. The van der Waals surface area contributed by atoms with Crippen molar-refractivity contribution in [1.82, 2.24) is 14.6 Å². The summed E-state index contributed by atoms with van der Waals surface area (Å²) in [6, 6.07) is 6.91. The van der Waals surface area contributed by atoms with Crippen LogP contribution >= 0.6 is 0 Å². The Bertz CT molecular complexity index is 845. The maximum Gasteiger partial charge on any atom is 0.387 e. The summed E-state index contributed by atoms with van der Waals surface area (Å²) in [5.41, 5.74) is 9.15. The fourth-order valence-electron chi connectivity index (χ4n) is 2.38. The Morgan fingerprint density at radius 1 is 1.14 bits per heavy atom. The zero-order chi connectivity index (χ0) is 15.9. The molecule has 3 rings (SSSR count). The Kier molecular flexibility index (Phi) is 3.40. The van der Waals surface area contributed by atoms with Crippen molar-refractivity contribution in [3.63, 3.8) is 0 Å². The molecule has 2 aromatic heterocycles. The van der Waals surface area contributed by atoms with Gasteiger partial charge in [0.2, 0.25) is 5.95 Å². The molecular weight excluding hydrogens is 290 g/mol. The predicted octanol–water partition coefficient (Wildman–Crippen LogP) is 3.20. The van der Waals surface area contributed by atoms with Gasteiger partial charge in [0.15, 0.2) is 0 Å². The van der Waals surface area contributed by atoms with E-state index < -0.39 is 6.61 Å². The summed E-state index contributed by atoms with van der Waals surface area (Å²) in [6.45, 7) is 0.794. The molecule has 0 saturated heterocycles. The van der Waals surface area contributed by atoms with Crippen molar-refractivity contribution in [2.45, 2.75) is 20.5 Å². The normalized spacial score (nSPS) is 11.3. The maximum absolute atomic E-state index is 12.6. The zero-order valence-corrected chi connectivity index (χ0v) is 12.0. The first-order chi connectivity index (χ1) is 10.5. The largest absolute Gasteiger partial charge is 0.434 e. The average molecular weight is 304 g/mol. The number of halogens is 2. The van der Waals surface area contributed by atoms with Crippen LogP contribution in [0.25, 0.3) is 16.8 Å². The summed E-state index contributed by atoms with van der Waals surface area (Å²) < 4.78 is 31.6. The summed E-state index contributed by atoms with van der Waals surface area (Å²) in [6.07, 6.45) is 1.81.